The predicted octanol–water partition coefficient (Wildman–Crippen LogP) is 2.16. The van der Waals surface area contributed by atoms with E-state index in [1.54, 1.807) is 11.3 Å². The SMILES string of the molecule is CCNC(=NCc1sccc1C)NCC1CCS(=O)(=O)C1.I. The molecule has 1 unspecified atom stereocenters. The molecule has 22 heavy (non-hydrogen) atoms. The molecule has 0 aliphatic carbocycles. The van der Waals surface area contributed by atoms with Gasteiger partial charge in [0.2, 0.25) is 0 Å². The van der Waals surface area contributed by atoms with Crippen LogP contribution < -0.4 is 10.6 Å². The second-order valence-electron chi connectivity index (χ2n) is 5.37. The van der Waals surface area contributed by atoms with Gasteiger partial charge in [0.25, 0.3) is 0 Å². The Labute approximate surface area is 153 Å². The maximum absolute atomic E-state index is 11.5. The number of guanidine groups is 1. The van der Waals surface area contributed by atoms with Crippen molar-refractivity contribution in [3.63, 3.8) is 0 Å². The minimum Gasteiger partial charge on any atom is -0.357 e. The maximum atomic E-state index is 11.5. The van der Waals surface area contributed by atoms with Gasteiger partial charge in [0.15, 0.2) is 15.8 Å². The molecule has 0 saturated carbocycles. The molecule has 0 spiro atoms. The lowest BCUT2D eigenvalue weighted by molar-refractivity contribution is 0.567. The lowest BCUT2D eigenvalue weighted by atomic mass is 10.1. The van der Waals surface area contributed by atoms with Crippen molar-refractivity contribution in [2.75, 3.05) is 24.6 Å². The Morgan fingerprint density at radius 2 is 2.23 bits per heavy atom. The molecule has 5 nitrogen and oxygen atoms in total. The first-order chi connectivity index (χ1) is 10.00. The van der Waals surface area contributed by atoms with Gasteiger partial charge in [-0.2, -0.15) is 0 Å². The molecule has 2 heterocycles. The highest BCUT2D eigenvalue weighted by atomic mass is 127. The number of nitrogens with zero attached hydrogens (tertiary/aromatic N) is 1. The fourth-order valence-electron chi connectivity index (χ4n) is 2.33. The molecule has 1 aromatic rings. The Bertz CT molecular complexity index is 599. The van der Waals surface area contributed by atoms with E-state index < -0.39 is 9.84 Å². The van der Waals surface area contributed by atoms with Gasteiger partial charge in [-0.15, -0.1) is 35.3 Å². The van der Waals surface area contributed by atoms with Gasteiger partial charge in [0.1, 0.15) is 0 Å². The average molecular weight is 457 g/mol. The molecular formula is C14H24IN3O2S2. The second kappa shape index (κ2) is 9.07. The van der Waals surface area contributed by atoms with Crippen molar-refractivity contribution < 1.29 is 8.42 Å². The van der Waals surface area contributed by atoms with Crippen LogP contribution in [0, 0.1) is 12.8 Å². The minimum atomic E-state index is -2.81. The molecule has 0 aromatic carbocycles. The van der Waals surface area contributed by atoms with Crippen molar-refractivity contribution >= 4 is 51.1 Å². The van der Waals surface area contributed by atoms with E-state index in [0.717, 1.165) is 18.9 Å². The van der Waals surface area contributed by atoms with E-state index >= 15 is 0 Å². The number of halogens is 1. The number of rotatable bonds is 5. The lowest BCUT2D eigenvalue weighted by Gasteiger charge is -2.14. The Morgan fingerprint density at radius 1 is 1.45 bits per heavy atom. The van der Waals surface area contributed by atoms with Crippen LogP contribution in [0.3, 0.4) is 0 Å². The molecule has 2 rings (SSSR count). The zero-order valence-electron chi connectivity index (χ0n) is 13.0. The summed E-state index contributed by atoms with van der Waals surface area (Å²) in [6, 6.07) is 2.10. The number of thiophene rings is 1. The normalized spacial score (nSPS) is 20.5. The highest BCUT2D eigenvalue weighted by Gasteiger charge is 2.27. The van der Waals surface area contributed by atoms with Crippen molar-refractivity contribution in [2.45, 2.75) is 26.8 Å². The number of nitrogens with one attached hydrogen (secondary N) is 2. The largest absolute Gasteiger partial charge is 0.357 e. The van der Waals surface area contributed by atoms with Crippen LogP contribution in [0.2, 0.25) is 0 Å². The van der Waals surface area contributed by atoms with Crippen molar-refractivity contribution in [2.24, 2.45) is 10.9 Å². The molecule has 0 amide bonds. The summed E-state index contributed by atoms with van der Waals surface area (Å²) in [5.74, 6) is 1.57. The molecular weight excluding hydrogens is 433 g/mol. The lowest BCUT2D eigenvalue weighted by Crippen LogP contribution is -2.40. The maximum Gasteiger partial charge on any atom is 0.191 e. The van der Waals surface area contributed by atoms with E-state index in [-0.39, 0.29) is 29.9 Å². The third kappa shape index (κ3) is 6.04. The van der Waals surface area contributed by atoms with Crippen molar-refractivity contribution in [3.8, 4) is 0 Å². The highest BCUT2D eigenvalue weighted by molar-refractivity contribution is 14.0. The Kier molecular flexibility index (Phi) is 8.12. The minimum absolute atomic E-state index is 0. The zero-order valence-corrected chi connectivity index (χ0v) is 16.9. The van der Waals surface area contributed by atoms with Gasteiger partial charge in [-0.1, -0.05) is 0 Å². The first kappa shape index (κ1) is 19.7. The van der Waals surface area contributed by atoms with E-state index in [1.165, 1.54) is 10.4 Å². The van der Waals surface area contributed by atoms with Crippen LogP contribution in [0.25, 0.3) is 0 Å². The number of aliphatic imine (C=N–C) groups is 1. The first-order valence-electron chi connectivity index (χ1n) is 7.25. The van der Waals surface area contributed by atoms with Crippen LogP contribution in [-0.2, 0) is 16.4 Å². The molecule has 126 valence electrons. The number of aryl methyl sites for hydroxylation is 1. The van der Waals surface area contributed by atoms with Crippen molar-refractivity contribution in [1.29, 1.82) is 0 Å². The molecule has 8 heteroatoms. The molecule has 1 fully saturated rings. The van der Waals surface area contributed by atoms with Gasteiger partial charge in [-0.25, -0.2) is 13.4 Å². The standard InChI is InChI=1S/C14H23N3O2S2.HI/c1-3-15-14(17-9-13-11(2)4-6-20-13)16-8-12-5-7-21(18,19)10-12;/h4,6,12H,3,5,7-10H2,1-2H3,(H2,15,16,17);1H. The summed E-state index contributed by atoms with van der Waals surface area (Å²) in [6.07, 6.45) is 0.749. The summed E-state index contributed by atoms with van der Waals surface area (Å²) in [6.45, 7) is 6.22. The molecule has 1 aliphatic heterocycles. The Balaban J connectivity index is 0.00000242. The van der Waals surface area contributed by atoms with Crippen molar-refractivity contribution in [1.82, 2.24) is 10.6 Å². The van der Waals surface area contributed by atoms with Crippen LogP contribution in [0.1, 0.15) is 23.8 Å². The average Bonchev–Trinajstić information content (AvgIpc) is 2.99. The topological polar surface area (TPSA) is 70.6 Å². The van der Waals surface area contributed by atoms with Crippen LogP contribution in [0.15, 0.2) is 16.4 Å². The molecule has 0 radical (unpaired) electrons. The van der Waals surface area contributed by atoms with Crippen LogP contribution in [0.5, 0.6) is 0 Å². The van der Waals surface area contributed by atoms with E-state index in [1.807, 2.05) is 6.92 Å². The number of hydrogen-bond acceptors (Lipinski definition) is 4. The van der Waals surface area contributed by atoms with Gasteiger partial charge in [-0.3, -0.25) is 0 Å². The molecule has 1 aliphatic rings. The molecule has 1 saturated heterocycles. The summed E-state index contributed by atoms with van der Waals surface area (Å²) < 4.78 is 22.9. The zero-order chi connectivity index (χ0) is 15.3. The van der Waals surface area contributed by atoms with E-state index in [9.17, 15) is 8.42 Å². The third-order valence-electron chi connectivity index (χ3n) is 3.58. The van der Waals surface area contributed by atoms with E-state index in [2.05, 4.69) is 34.0 Å². The second-order valence-corrected chi connectivity index (χ2v) is 8.60. The molecule has 1 atom stereocenters. The van der Waals surface area contributed by atoms with Gasteiger partial charge in [0.05, 0.1) is 18.1 Å². The summed E-state index contributed by atoms with van der Waals surface area (Å²) >= 11 is 1.71. The van der Waals surface area contributed by atoms with Gasteiger partial charge in [0, 0.05) is 18.0 Å². The monoisotopic (exact) mass is 457 g/mol. The summed E-state index contributed by atoms with van der Waals surface area (Å²) in [7, 11) is -2.81. The Hall–Kier alpha value is -0.350. The molecule has 2 N–H and O–H groups in total. The molecule has 1 aromatic heterocycles. The Morgan fingerprint density at radius 3 is 2.77 bits per heavy atom. The number of hydrogen-bond donors (Lipinski definition) is 2. The van der Waals surface area contributed by atoms with E-state index in [0.29, 0.717) is 24.6 Å². The summed E-state index contributed by atoms with van der Waals surface area (Å²) in [5.41, 5.74) is 1.27. The fraction of sp³-hybridized carbons (Fsp3) is 0.643. The van der Waals surface area contributed by atoms with Crippen LogP contribution >= 0.6 is 35.3 Å². The number of sulfone groups is 1. The molecule has 0 bridgehead atoms. The first-order valence-corrected chi connectivity index (χ1v) is 9.96. The fourth-order valence-corrected chi connectivity index (χ4v) is 5.02. The summed E-state index contributed by atoms with van der Waals surface area (Å²) in [5, 5.41) is 8.54. The van der Waals surface area contributed by atoms with Crippen LogP contribution in [-0.4, -0.2) is 39.0 Å². The van der Waals surface area contributed by atoms with Gasteiger partial charge in [-0.05, 0) is 43.2 Å². The summed E-state index contributed by atoms with van der Waals surface area (Å²) in [4.78, 5) is 5.83. The van der Waals surface area contributed by atoms with Crippen LogP contribution in [0.4, 0.5) is 0 Å². The van der Waals surface area contributed by atoms with Gasteiger partial charge >= 0.3 is 0 Å². The highest BCUT2D eigenvalue weighted by Crippen LogP contribution is 2.18. The smallest absolute Gasteiger partial charge is 0.191 e. The predicted molar refractivity (Wildman–Crippen MR) is 104 cm³/mol. The van der Waals surface area contributed by atoms with Crippen molar-refractivity contribution in [3.05, 3.63) is 21.9 Å². The van der Waals surface area contributed by atoms with Gasteiger partial charge < -0.3 is 10.6 Å². The van der Waals surface area contributed by atoms with E-state index in [4.69, 9.17) is 0 Å². The quantitative estimate of drug-likeness (QED) is 0.404. The third-order valence-corrected chi connectivity index (χ3v) is 6.42.